The number of thioether (sulfide) groups is 2. The van der Waals surface area contributed by atoms with Gasteiger partial charge in [0.1, 0.15) is 11.6 Å². The number of nitrogens with one attached hydrogen (secondary N) is 2. The van der Waals surface area contributed by atoms with Gasteiger partial charge in [-0.3, -0.25) is 9.59 Å². The van der Waals surface area contributed by atoms with Crippen LogP contribution in [-0.4, -0.2) is 29.9 Å². The van der Waals surface area contributed by atoms with Crippen LogP contribution in [0.2, 0.25) is 0 Å². The van der Waals surface area contributed by atoms with E-state index in [2.05, 4.69) is 10.6 Å². The molecule has 5 nitrogen and oxygen atoms in total. The van der Waals surface area contributed by atoms with Crippen molar-refractivity contribution in [1.82, 2.24) is 0 Å². The van der Waals surface area contributed by atoms with Crippen molar-refractivity contribution in [3.63, 3.8) is 0 Å². The third-order valence-corrected chi connectivity index (χ3v) is 8.85. The van der Waals surface area contributed by atoms with Crippen molar-refractivity contribution in [3.05, 3.63) is 53.8 Å². The molecule has 1 saturated heterocycles. The maximum atomic E-state index is 14.2. The van der Waals surface area contributed by atoms with Crippen LogP contribution >= 0.6 is 23.5 Å². The molecule has 0 radical (unpaired) electrons. The zero-order chi connectivity index (χ0) is 23.0. The molecule has 0 aromatic heterocycles. The van der Waals surface area contributed by atoms with E-state index < -0.39 is 5.82 Å². The molecule has 0 atom stereocenters. The lowest BCUT2D eigenvalue weighted by molar-refractivity contribution is -0.120. The molecule has 2 aromatic carbocycles. The zero-order valence-electron chi connectivity index (χ0n) is 18.5. The molecule has 4 rings (SSSR count). The zero-order valence-corrected chi connectivity index (χ0v) is 20.1. The van der Waals surface area contributed by atoms with Gasteiger partial charge in [0.2, 0.25) is 5.91 Å². The number of carbonyl (C=O) groups is 2. The summed E-state index contributed by atoms with van der Waals surface area (Å²) in [6.45, 7) is -0.159. The topological polar surface area (TPSA) is 67.4 Å². The first-order valence-electron chi connectivity index (χ1n) is 11.4. The summed E-state index contributed by atoms with van der Waals surface area (Å²) in [7, 11) is 0. The van der Waals surface area contributed by atoms with Gasteiger partial charge >= 0.3 is 0 Å². The lowest BCUT2D eigenvalue weighted by atomic mass is 9.88. The lowest BCUT2D eigenvalue weighted by Crippen LogP contribution is -2.25. The fourth-order valence-electron chi connectivity index (χ4n) is 4.05. The summed E-state index contributed by atoms with van der Waals surface area (Å²) in [6.07, 6.45) is 6.12. The SMILES string of the molecule is O=C(COc1ccc(C2SCCCS2)cc1)Nc1ccc(F)c(NC(=O)C2CCCCC2)c1. The van der Waals surface area contributed by atoms with Crippen LogP contribution in [0.5, 0.6) is 5.75 Å². The Morgan fingerprint density at radius 1 is 0.939 bits per heavy atom. The van der Waals surface area contributed by atoms with Crippen LogP contribution in [0, 0.1) is 11.7 Å². The number of benzene rings is 2. The minimum absolute atomic E-state index is 0.0773. The summed E-state index contributed by atoms with van der Waals surface area (Å²) in [5.74, 6) is 1.88. The Labute approximate surface area is 202 Å². The standard InChI is InChI=1S/C25H29FN2O3S2/c26-21-12-9-19(15-22(21)28-24(30)17-5-2-1-3-6-17)27-23(29)16-31-20-10-7-18(8-11-20)25-32-13-4-14-33-25/h7-12,15,17,25H,1-6,13-14,16H2,(H,27,29)(H,28,30). The highest BCUT2D eigenvalue weighted by molar-refractivity contribution is 8.16. The smallest absolute Gasteiger partial charge is 0.262 e. The van der Waals surface area contributed by atoms with E-state index in [9.17, 15) is 14.0 Å². The van der Waals surface area contributed by atoms with Crippen LogP contribution in [-0.2, 0) is 9.59 Å². The van der Waals surface area contributed by atoms with Gasteiger partial charge in [-0.15, -0.1) is 23.5 Å². The van der Waals surface area contributed by atoms with E-state index in [1.54, 1.807) is 0 Å². The molecule has 2 aromatic rings. The minimum atomic E-state index is -0.525. The number of halogens is 1. The van der Waals surface area contributed by atoms with Gasteiger partial charge in [-0.05, 0) is 66.7 Å². The Morgan fingerprint density at radius 2 is 1.67 bits per heavy atom. The summed E-state index contributed by atoms with van der Waals surface area (Å²) in [5, 5.41) is 5.39. The summed E-state index contributed by atoms with van der Waals surface area (Å²) in [6, 6.07) is 12.0. The molecule has 1 aliphatic carbocycles. The molecule has 2 fully saturated rings. The van der Waals surface area contributed by atoms with E-state index in [1.165, 1.54) is 41.7 Å². The van der Waals surface area contributed by atoms with Gasteiger partial charge in [-0.1, -0.05) is 31.4 Å². The maximum absolute atomic E-state index is 14.2. The number of rotatable bonds is 7. The first-order chi connectivity index (χ1) is 16.1. The van der Waals surface area contributed by atoms with E-state index in [-0.39, 0.29) is 30.0 Å². The van der Waals surface area contributed by atoms with Crippen LogP contribution < -0.4 is 15.4 Å². The minimum Gasteiger partial charge on any atom is -0.484 e. The number of anilines is 2. The third-order valence-electron chi connectivity index (χ3n) is 5.83. The van der Waals surface area contributed by atoms with Crippen molar-refractivity contribution in [1.29, 1.82) is 0 Å². The van der Waals surface area contributed by atoms with Gasteiger partial charge in [0.25, 0.3) is 5.91 Å². The molecule has 33 heavy (non-hydrogen) atoms. The van der Waals surface area contributed by atoms with Crippen molar-refractivity contribution >= 4 is 46.7 Å². The Bertz CT molecular complexity index is 959. The number of ether oxygens (including phenoxy) is 1. The molecule has 0 bridgehead atoms. The van der Waals surface area contributed by atoms with Gasteiger partial charge in [0.15, 0.2) is 6.61 Å². The number of amides is 2. The largest absolute Gasteiger partial charge is 0.484 e. The Morgan fingerprint density at radius 3 is 2.39 bits per heavy atom. The predicted octanol–water partition coefficient (Wildman–Crippen LogP) is 6.23. The first-order valence-corrected chi connectivity index (χ1v) is 13.5. The van der Waals surface area contributed by atoms with Gasteiger partial charge < -0.3 is 15.4 Å². The highest BCUT2D eigenvalue weighted by Crippen LogP contribution is 2.43. The van der Waals surface area contributed by atoms with Gasteiger partial charge in [0.05, 0.1) is 10.3 Å². The quantitative estimate of drug-likeness (QED) is 0.484. The molecule has 1 heterocycles. The van der Waals surface area contributed by atoms with Crippen LogP contribution in [0.3, 0.4) is 0 Å². The van der Waals surface area contributed by atoms with E-state index in [0.717, 1.165) is 32.1 Å². The molecule has 2 N–H and O–H groups in total. The summed E-state index contributed by atoms with van der Waals surface area (Å²) < 4.78 is 20.3. The van der Waals surface area contributed by atoms with Crippen LogP contribution in [0.4, 0.5) is 15.8 Å². The molecule has 2 aliphatic rings. The summed E-state index contributed by atoms with van der Waals surface area (Å²) in [5.41, 5.74) is 1.75. The summed E-state index contributed by atoms with van der Waals surface area (Å²) >= 11 is 3.92. The highest BCUT2D eigenvalue weighted by Gasteiger charge is 2.22. The van der Waals surface area contributed by atoms with Crippen molar-refractivity contribution in [2.75, 3.05) is 28.7 Å². The Hall–Kier alpha value is -2.19. The fourth-order valence-corrected chi connectivity index (χ4v) is 6.94. The second kappa shape index (κ2) is 11.8. The molecule has 1 saturated carbocycles. The first kappa shape index (κ1) is 24.0. The van der Waals surface area contributed by atoms with Crippen LogP contribution in [0.25, 0.3) is 0 Å². The average Bonchev–Trinajstić information content (AvgIpc) is 2.86. The van der Waals surface area contributed by atoms with Gasteiger partial charge in [-0.2, -0.15) is 0 Å². The van der Waals surface area contributed by atoms with E-state index in [1.807, 2.05) is 47.8 Å². The lowest BCUT2D eigenvalue weighted by Gasteiger charge is -2.21. The number of hydrogen-bond acceptors (Lipinski definition) is 5. The van der Waals surface area contributed by atoms with Crippen molar-refractivity contribution in [2.24, 2.45) is 5.92 Å². The molecular weight excluding hydrogens is 459 g/mol. The second-order valence-electron chi connectivity index (χ2n) is 8.35. The fraction of sp³-hybridized carbons (Fsp3) is 0.440. The third kappa shape index (κ3) is 6.90. The number of hydrogen-bond donors (Lipinski definition) is 2. The van der Waals surface area contributed by atoms with E-state index >= 15 is 0 Å². The van der Waals surface area contributed by atoms with Gasteiger partial charge in [-0.25, -0.2) is 4.39 Å². The van der Waals surface area contributed by atoms with E-state index in [0.29, 0.717) is 16.0 Å². The number of carbonyl (C=O) groups excluding carboxylic acids is 2. The Kier molecular flexibility index (Phi) is 8.56. The van der Waals surface area contributed by atoms with E-state index in [4.69, 9.17) is 4.74 Å². The molecule has 0 unspecified atom stereocenters. The van der Waals surface area contributed by atoms with Crippen molar-refractivity contribution < 1.29 is 18.7 Å². The summed E-state index contributed by atoms with van der Waals surface area (Å²) in [4.78, 5) is 24.8. The van der Waals surface area contributed by atoms with Crippen molar-refractivity contribution in [2.45, 2.75) is 43.1 Å². The maximum Gasteiger partial charge on any atom is 0.262 e. The Balaban J connectivity index is 1.28. The predicted molar refractivity (Wildman–Crippen MR) is 134 cm³/mol. The van der Waals surface area contributed by atoms with Gasteiger partial charge in [0, 0.05) is 11.6 Å². The molecule has 176 valence electrons. The average molecular weight is 489 g/mol. The second-order valence-corrected chi connectivity index (χ2v) is 11.1. The molecule has 0 spiro atoms. The molecule has 1 aliphatic heterocycles. The highest BCUT2D eigenvalue weighted by atomic mass is 32.2. The van der Waals surface area contributed by atoms with Crippen LogP contribution in [0.1, 0.15) is 48.7 Å². The normalized spacial score (nSPS) is 17.4. The monoisotopic (exact) mass is 488 g/mol. The van der Waals surface area contributed by atoms with Crippen LogP contribution in [0.15, 0.2) is 42.5 Å². The molecule has 8 heteroatoms. The molecular formula is C25H29FN2O3S2. The molecule has 2 amide bonds. The van der Waals surface area contributed by atoms with Crippen molar-refractivity contribution in [3.8, 4) is 5.75 Å².